The summed E-state index contributed by atoms with van der Waals surface area (Å²) in [5.41, 5.74) is -0.462. The van der Waals surface area contributed by atoms with Gasteiger partial charge in [-0.15, -0.1) is 24.0 Å². The van der Waals surface area contributed by atoms with Crippen molar-refractivity contribution in [3.8, 4) is 0 Å². The van der Waals surface area contributed by atoms with Gasteiger partial charge in [0.2, 0.25) is 0 Å². The summed E-state index contributed by atoms with van der Waals surface area (Å²) in [7, 11) is 1.75. The summed E-state index contributed by atoms with van der Waals surface area (Å²) in [5.74, 6) is 1.59. The summed E-state index contributed by atoms with van der Waals surface area (Å²) in [6.07, 6.45) is 4.05. The van der Waals surface area contributed by atoms with Crippen LogP contribution in [0.1, 0.15) is 46.5 Å². The molecule has 1 aliphatic carbocycles. The Kier molecular flexibility index (Phi) is 13.0. The highest BCUT2D eigenvalue weighted by Crippen LogP contribution is 2.28. The third-order valence-corrected chi connectivity index (χ3v) is 3.35. The molecule has 0 aromatic heterocycles. The number of rotatable bonds is 10. The molecular formula is C17H35IN4O3. The summed E-state index contributed by atoms with van der Waals surface area (Å²) in [5, 5.41) is 9.20. The molecule has 1 fully saturated rings. The minimum absolute atomic E-state index is 0. The number of hydrogen-bond acceptors (Lipinski definition) is 4. The molecule has 0 aliphatic heterocycles. The molecule has 148 valence electrons. The van der Waals surface area contributed by atoms with E-state index in [-0.39, 0.29) is 30.1 Å². The van der Waals surface area contributed by atoms with Crippen LogP contribution in [0.3, 0.4) is 0 Å². The zero-order valence-electron chi connectivity index (χ0n) is 16.0. The number of nitrogens with zero attached hydrogens (tertiary/aromatic N) is 1. The fraction of sp³-hybridized carbons (Fsp3) is 0.882. The molecule has 0 bridgehead atoms. The van der Waals surface area contributed by atoms with Crippen LogP contribution in [0.25, 0.3) is 0 Å². The molecule has 7 nitrogen and oxygen atoms in total. The van der Waals surface area contributed by atoms with Gasteiger partial charge < -0.3 is 25.4 Å². The molecule has 0 saturated heterocycles. The second-order valence-electron chi connectivity index (χ2n) is 7.08. The molecule has 1 amide bonds. The molecule has 0 radical (unpaired) electrons. The Labute approximate surface area is 169 Å². The predicted molar refractivity (Wildman–Crippen MR) is 112 cm³/mol. The van der Waals surface area contributed by atoms with E-state index >= 15 is 0 Å². The van der Waals surface area contributed by atoms with E-state index in [0.29, 0.717) is 6.54 Å². The van der Waals surface area contributed by atoms with Crippen LogP contribution in [-0.2, 0) is 9.47 Å². The first-order chi connectivity index (χ1) is 11.4. The lowest BCUT2D eigenvalue weighted by atomic mass is 10.2. The standard InChI is InChI=1S/C17H34N4O3.HI/c1-17(2,3)24-16(22)21-10-5-9-19-15(18-4)20-11-6-12-23-13-14-7-8-14;/h14H,5-13H2,1-4H3,(H,21,22)(H2,18,19,20);1H. The number of carbonyl (C=O) groups is 1. The topological polar surface area (TPSA) is 84.0 Å². The number of guanidine groups is 1. The number of aliphatic imine (C=N–C) groups is 1. The minimum Gasteiger partial charge on any atom is -0.444 e. The van der Waals surface area contributed by atoms with Crippen LogP contribution in [-0.4, -0.2) is 57.5 Å². The van der Waals surface area contributed by atoms with Gasteiger partial charge in [-0.3, -0.25) is 4.99 Å². The van der Waals surface area contributed by atoms with Crippen LogP contribution in [0.5, 0.6) is 0 Å². The van der Waals surface area contributed by atoms with Gasteiger partial charge in [0.25, 0.3) is 0 Å². The average molecular weight is 470 g/mol. The Bertz CT molecular complexity index is 396. The summed E-state index contributed by atoms with van der Waals surface area (Å²) >= 11 is 0. The zero-order valence-corrected chi connectivity index (χ0v) is 18.4. The van der Waals surface area contributed by atoms with Crippen molar-refractivity contribution < 1.29 is 14.3 Å². The van der Waals surface area contributed by atoms with Crippen LogP contribution in [0.4, 0.5) is 4.79 Å². The molecular weight excluding hydrogens is 435 g/mol. The number of carbonyl (C=O) groups excluding carboxylic acids is 1. The first-order valence-corrected chi connectivity index (χ1v) is 8.90. The maximum absolute atomic E-state index is 11.5. The fourth-order valence-corrected chi connectivity index (χ4v) is 1.94. The van der Waals surface area contributed by atoms with Crippen molar-refractivity contribution in [1.29, 1.82) is 0 Å². The molecule has 0 atom stereocenters. The van der Waals surface area contributed by atoms with E-state index < -0.39 is 5.60 Å². The van der Waals surface area contributed by atoms with Crippen LogP contribution < -0.4 is 16.0 Å². The highest BCUT2D eigenvalue weighted by atomic mass is 127. The lowest BCUT2D eigenvalue weighted by Gasteiger charge is -2.19. The largest absolute Gasteiger partial charge is 0.444 e. The van der Waals surface area contributed by atoms with Crippen molar-refractivity contribution in [3.63, 3.8) is 0 Å². The molecule has 0 spiro atoms. The molecule has 0 heterocycles. The number of amides is 1. The smallest absolute Gasteiger partial charge is 0.407 e. The number of halogens is 1. The molecule has 3 N–H and O–H groups in total. The zero-order chi connectivity index (χ0) is 17.8. The molecule has 0 aromatic rings. The first-order valence-electron chi connectivity index (χ1n) is 8.90. The Morgan fingerprint density at radius 3 is 2.24 bits per heavy atom. The maximum Gasteiger partial charge on any atom is 0.407 e. The number of ether oxygens (including phenoxy) is 2. The van der Waals surface area contributed by atoms with Crippen molar-refractivity contribution in [3.05, 3.63) is 0 Å². The molecule has 1 aliphatic rings. The van der Waals surface area contributed by atoms with Crippen molar-refractivity contribution in [2.24, 2.45) is 10.9 Å². The average Bonchev–Trinajstić information content (AvgIpc) is 3.30. The molecule has 0 aromatic carbocycles. The molecule has 8 heteroatoms. The van der Waals surface area contributed by atoms with E-state index in [1.54, 1.807) is 7.05 Å². The predicted octanol–water partition coefficient (Wildman–Crippen LogP) is 2.50. The van der Waals surface area contributed by atoms with Gasteiger partial charge in [0.05, 0.1) is 0 Å². The van der Waals surface area contributed by atoms with Gasteiger partial charge in [-0.2, -0.15) is 0 Å². The quantitative estimate of drug-likeness (QED) is 0.198. The van der Waals surface area contributed by atoms with E-state index in [4.69, 9.17) is 9.47 Å². The van der Waals surface area contributed by atoms with Gasteiger partial charge in [0, 0.05) is 39.9 Å². The van der Waals surface area contributed by atoms with Crippen LogP contribution in [0, 0.1) is 5.92 Å². The first kappa shape index (κ1) is 24.2. The highest BCUT2D eigenvalue weighted by molar-refractivity contribution is 14.0. The number of nitrogens with one attached hydrogen (secondary N) is 3. The maximum atomic E-state index is 11.5. The van der Waals surface area contributed by atoms with Crippen LogP contribution in [0.2, 0.25) is 0 Å². The second kappa shape index (κ2) is 13.4. The van der Waals surface area contributed by atoms with Gasteiger partial charge in [-0.25, -0.2) is 4.79 Å². The third-order valence-electron chi connectivity index (χ3n) is 3.35. The van der Waals surface area contributed by atoms with Gasteiger partial charge in [0.15, 0.2) is 5.96 Å². The van der Waals surface area contributed by atoms with E-state index in [1.807, 2.05) is 20.8 Å². The van der Waals surface area contributed by atoms with Crippen molar-refractivity contribution >= 4 is 36.0 Å². The number of alkyl carbamates (subject to hydrolysis) is 1. The minimum atomic E-state index is -0.462. The van der Waals surface area contributed by atoms with Gasteiger partial charge in [-0.1, -0.05) is 0 Å². The Balaban J connectivity index is 0.00000576. The van der Waals surface area contributed by atoms with Crippen molar-refractivity contribution in [2.75, 3.05) is 39.9 Å². The van der Waals surface area contributed by atoms with E-state index in [2.05, 4.69) is 20.9 Å². The SMILES string of the molecule is CN=C(NCCCNC(=O)OC(C)(C)C)NCCCOCC1CC1.I. The lowest BCUT2D eigenvalue weighted by Crippen LogP contribution is -2.39. The Morgan fingerprint density at radius 1 is 1.08 bits per heavy atom. The Morgan fingerprint density at radius 2 is 1.68 bits per heavy atom. The fourth-order valence-electron chi connectivity index (χ4n) is 1.94. The molecule has 0 unspecified atom stereocenters. The number of hydrogen-bond donors (Lipinski definition) is 3. The van der Waals surface area contributed by atoms with Crippen LogP contribution in [0.15, 0.2) is 4.99 Å². The van der Waals surface area contributed by atoms with Gasteiger partial charge in [-0.05, 0) is 52.4 Å². The highest BCUT2D eigenvalue weighted by Gasteiger charge is 2.20. The summed E-state index contributed by atoms with van der Waals surface area (Å²) in [4.78, 5) is 15.7. The summed E-state index contributed by atoms with van der Waals surface area (Å²) < 4.78 is 10.8. The lowest BCUT2D eigenvalue weighted by molar-refractivity contribution is 0.0527. The third kappa shape index (κ3) is 15.2. The second-order valence-corrected chi connectivity index (χ2v) is 7.08. The van der Waals surface area contributed by atoms with Gasteiger partial charge >= 0.3 is 6.09 Å². The summed E-state index contributed by atoms with van der Waals surface area (Å²) in [6, 6.07) is 0. The van der Waals surface area contributed by atoms with Crippen LogP contribution >= 0.6 is 24.0 Å². The summed E-state index contributed by atoms with van der Waals surface area (Å²) in [6.45, 7) is 9.38. The molecule has 1 rings (SSSR count). The monoisotopic (exact) mass is 470 g/mol. The van der Waals surface area contributed by atoms with Crippen molar-refractivity contribution in [1.82, 2.24) is 16.0 Å². The molecule has 25 heavy (non-hydrogen) atoms. The van der Waals surface area contributed by atoms with Crippen molar-refractivity contribution in [2.45, 2.75) is 52.1 Å². The van der Waals surface area contributed by atoms with E-state index in [9.17, 15) is 4.79 Å². The molecule has 1 saturated carbocycles. The normalized spacial score (nSPS) is 14.5. The van der Waals surface area contributed by atoms with Gasteiger partial charge in [0.1, 0.15) is 5.60 Å². The Hall–Kier alpha value is -0.770. The van der Waals surface area contributed by atoms with E-state index in [0.717, 1.165) is 51.0 Å². The van der Waals surface area contributed by atoms with E-state index in [1.165, 1.54) is 12.8 Å².